The third kappa shape index (κ3) is 3.66. The lowest BCUT2D eigenvalue weighted by atomic mass is 9.99. The molecule has 0 unspecified atom stereocenters. The van der Waals surface area contributed by atoms with Crippen LogP contribution >= 0.6 is 39.1 Å². The normalized spacial score (nSPS) is 15.8. The van der Waals surface area contributed by atoms with E-state index in [1.807, 2.05) is 66.7 Å². The van der Waals surface area contributed by atoms with Gasteiger partial charge >= 0.3 is 0 Å². The Morgan fingerprint density at radius 1 is 0.923 bits per heavy atom. The van der Waals surface area contributed by atoms with Crippen molar-refractivity contribution in [2.75, 3.05) is 0 Å². The van der Waals surface area contributed by atoms with Crippen molar-refractivity contribution in [2.45, 2.75) is 12.6 Å². The van der Waals surface area contributed by atoms with Crippen LogP contribution in [0.5, 0.6) is 5.75 Å². The molecule has 1 heterocycles. The lowest BCUT2D eigenvalue weighted by Crippen LogP contribution is -2.19. The largest absolute Gasteiger partial charge is 0.464 e. The Bertz CT molecular complexity index is 989. The monoisotopic (exact) mass is 445 g/mol. The fraction of sp³-hybridized carbons (Fsp3) is 0.0952. The number of halogens is 3. The predicted octanol–water partition coefficient (Wildman–Crippen LogP) is 6.88. The molecule has 0 fully saturated rings. The summed E-state index contributed by atoms with van der Waals surface area (Å²) in [6.07, 6.45) is 0.248. The number of hydrogen-bond acceptors (Lipinski definition) is 2. The van der Waals surface area contributed by atoms with Crippen molar-refractivity contribution in [1.29, 1.82) is 0 Å². The van der Waals surface area contributed by atoms with Gasteiger partial charge in [0.15, 0.2) is 0 Å². The zero-order valence-electron chi connectivity index (χ0n) is 13.6. The number of hydrogen-bond donors (Lipinski definition) is 0. The van der Waals surface area contributed by atoms with Crippen LogP contribution in [-0.4, -0.2) is 5.71 Å². The molecule has 1 atom stereocenters. The van der Waals surface area contributed by atoms with Crippen molar-refractivity contribution < 1.29 is 4.74 Å². The minimum atomic E-state index is -0.393. The number of benzene rings is 3. The molecule has 0 saturated carbocycles. The molecular weight excluding hydrogens is 433 g/mol. The molecule has 0 N–H and O–H groups in total. The van der Waals surface area contributed by atoms with E-state index >= 15 is 0 Å². The summed E-state index contributed by atoms with van der Waals surface area (Å²) in [5, 5.41) is 1.34. The molecule has 0 amide bonds. The summed E-state index contributed by atoms with van der Waals surface area (Å²) in [4.78, 5) is 4.88. The third-order valence-corrected chi connectivity index (χ3v) is 5.46. The fourth-order valence-corrected chi connectivity index (χ4v) is 3.69. The average Bonchev–Trinajstić information content (AvgIpc) is 2.65. The van der Waals surface area contributed by atoms with Gasteiger partial charge in [0.05, 0.1) is 5.71 Å². The molecule has 3 aromatic carbocycles. The van der Waals surface area contributed by atoms with Crippen LogP contribution in [0.3, 0.4) is 0 Å². The Hall–Kier alpha value is -1.81. The highest BCUT2D eigenvalue weighted by Crippen LogP contribution is 2.35. The maximum atomic E-state index is 6.18. The minimum absolute atomic E-state index is 0.393. The zero-order chi connectivity index (χ0) is 18.1. The molecule has 0 saturated heterocycles. The highest BCUT2D eigenvalue weighted by atomic mass is 79.9. The standard InChI is InChI=1S/C21H14BrCl2NO/c22-18-9-7-15(23)10-14(18)11-19-17-8-6-16(24)12-20(17)26-21(25-19)13-4-2-1-3-5-13/h1-10,12,21H,11H2/t21-/m1/s1. The minimum Gasteiger partial charge on any atom is -0.464 e. The van der Waals surface area contributed by atoms with Crippen LogP contribution in [0.4, 0.5) is 0 Å². The molecule has 0 aromatic heterocycles. The van der Waals surface area contributed by atoms with Gasteiger partial charge in [0.25, 0.3) is 0 Å². The van der Waals surface area contributed by atoms with Gasteiger partial charge in [-0.15, -0.1) is 0 Å². The van der Waals surface area contributed by atoms with Gasteiger partial charge in [-0.2, -0.15) is 0 Å². The van der Waals surface area contributed by atoms with E-state index in [9.17, 15) is 0 Å². The first kappa shape index (κ1) is 17.6. The SMILES string of the molecule is Clc1ccc(Br)c(CC2=N[C@@H](c3ccccc3)Oc3cc(Cl)ccc32)c1. The van der Waals surface area contributed by atoms with Crippen molar-refractivity contribution in [3.63, 3.8) is 0 Å². The van der Waals surface area contributed by atoms with Crippen LogP contribution in [0, 0.1) is 0 Å². The first-order valence-electron chi connectivity index (χ1n) is 8.12. The Kier molecular flexibility index (Phi) is 5.03. The second-order valence-electron chi connectivity index (χ2n) is 6.01. The summed E-state index contributed by atoms with van der Waals surface area (Å²) in [5.41, 5.74) is 3.97. The van der Waals surface area contributed by atoms with Crippen LogP contribution in [0.15, 0.2) is 76.2 Å². The highest BCUT2D eigenvalue weighted by Gasteiger charge is 2.24. The van der Waals surface area contributed by atoms with Gasteiger partial charge in [-0.25, -0.2) is 4.99 Å². The van der Waals surface area contributed by atoms with Gasteiger partial charge in [0.1, 0.15) is 5.75 Å². The maximum absolute atomic E-state index is 6.18. The lowest BCUT2D eigenvalue weighted by molar-refractivity contribution is 0.210. The number of rotatable bonds is 3. The van der Waals surface area contributed by atoms with Gasteiger partial charge < -0.3 is 4.74 Å². The van der Waals surface area contributed by atoms with Crippen molar-refractivity contribution in [1.82, 2.24) is 0 Å². The molecule has 4 rings (SSSR count). The molecule has 0 spiro atoms. The summed E-state index contributed by atoms with van der Waals surface area (Å²) in [6, 6.07) is 21.4. The van der Waals surface area contributed by atoms with E-state index < -0.39 is 6.23 Å². The average molecular weight is 447 g/mol. The van der Waals surface area contributed by atoms with E-state index in [1.165, 1.54) is 0 Å². The highest BCUT2D eigenvalue weighted by molar-refractivity contribution is 9.10. The van der Waals surface area contributed by atoms with Gasteiger partial charge in [-0.05, 0) is 42.0 Å². The second-order valence-corrected chi connectivity index (χ2v) is 7.74. The summed E-state index contributed by atoms with van der Waals surface area (Å²) in [6.45, 7) is 0. The molecule has 0 radical (unpaired) electrons. The first-order chi connectivity index (χ1) is 12.6. The van der Waals surface area contributed by atoms with Crippen molar-refractivity contribution in [2.24, 2.45) is 4.99 Å². The van der Waals surface area contributed by atoms with Crippen molar-refractivity contribution >= 4 is 44.8 Å². The van der Waals surface area contributed by atoms with Crippen LogP contribution in [0.25, 0.3) is 0 Å². The van der Waals surface area contributed by atoms with Gasteiger partial charge in [-0.1, -0.05) is 69.5 Å². The fourth-order valence-electron chi connectivity index (χ4n) is 2.95. The third-order valence-electron chi connectivity index (χ3n) is 4.22. The zero-order valence-corrected chi connectivity index (χ0v) is 16.7. The Morgan fingerprint density at radius 3 is 2.46 bits per heavy atom. The van der Waals surface area contributed by atoms with Crippen LogP contribution < -0.4 is 4.74 Å². The van der Waals surface area contributed by atoms with Gasteiger partial charge in [0, 0.05) is 32.1 Å². The molecule has 0 aliphatic carbocycles. The molecular formula is C21H14BrCl2NO. The number of aliphatic imine (C=N–C) groups is 1. The van der Waals surface area contributed by atoms with E-state index in [4.69, 9.17) is 32.9 Å². The molecule has 2 nitrogen and oxygen atoms in total. The predicted molar refractivity (Wildman–Crippen MR) is 111 cm³/mol. The number of ether oxygens (including phenoxy) is 1. The van der Waals surface area contributed by atoms with Crippen molar-refractivity contribution in [3.05, 3.63) is 97.9 Å². The van der Waals surface area contributed by atoms with E-state index in [0.717, 1.165) is 32.6 Å². The van der Waals surface area contributed by atoms with E-state index in [2.05, 4.69) is 15.9 Å². The summed E-state index contributed by atoms with van der Waals surface area (Å²) in [7, 11) is 0. The number of fused-ring (bicyclic) bond motifs is 1. The van der Waals surface area contributed by atoms with Gasteiger partial charge in [-0.3, -0.25) is 0 Å². The second kappa shape index (κ2) is 7.43. The Balaban J connectivity index is 1.78. The number of nitrogens with zero attached hydrogens (tertiary/aromatic N) is 1. The molecule has 26 heavy (non-hydrogen) atoms. The molecule has 5 heteroatoms. The van der Waals surface area contributed by atoms with E-state index in [-0.39, 0.29) is 0 Å². The summed E-state index contributed by atoms with van der Waals surface area (Å²) >= 11 is 16.0. The maximum Gasteiger partial charge on any atom is 0.216 e. The van der Waals surface area contributed by atoms with Crippen LogP contribution in [-0.2, 0) is 6.42 Å². The first-order valence-corrected chi connectivity index (χ1v) is 9.67. The molecule has 0 bridgehead atoms. The summed E-state index contributed by atoms with van der Waals surface area (Å²) in [5.74, 6) is 0.745. The van der Waals surface area contributed by atoms with E-state index in [1.54, 1.807) is 0 Å². The van der Waals surface area contributed by atoms with E-state index in [0.29, 0.717) is 16.5 Å². The topological polar surface area (TPSA) is 21.6 Å². The van der Waals surface area contributed by atoms with Crippen LogP contribution in [0.1, 0.15) is 22.9 Å². The quantitative estimate of drug-likeness (QED) is 0.429. The Morgan fingerprint density at radius 2 is 1.65 bits per heavy atom. The molecule has 3 aromatic rings. The molecule has 130 valence electrons. The Labute approximate surface area is 170 Å². The lowest BCUT2D eigenvalue weighted by Gasteiger charge is -2.25. The van der Waals surface area contributed by atoms with Crippen LogP contribution in [0.2, 0.25) is 10.0 Å². The molecule has 1 aliphatic rings. The summed E-state index contributed by atoms with van der Waals surface area (Å²) < 4.78 is 7.11. The molecule has 1 aliphatic heterocycles. The van der Waals surface area contributed by atoms with Gasteiger partial charge in [0.2, 0.25) is 6.23 Å². The smallest absolute Gasteiger partial charge is 0.216 e. The van der Waals surface area contributed by atoms with Crippen molar-refractivity contribution in [3.8, 4) is 5.75 Å².